The maximum Gasteiger partial charge on any atom is 0.329 e. The van der Waals surface area contributed by atoms with Gasteiger partial charge in [0.05, 0.1) is 11.0 Å². The molecule has 1 heterocycles. The highest BCUT2D eigenvalue weighted by Crippen LogP contribution is 2.21. The minimum absolute atomic E-state index is 0.0639. The fraction of sp³-hybridized carbons (Fsp3) is 0.278. The van der Waals surface area contributed by atoms with Crippen LogP contribution in [0.2, 0.25) is 0 Å². The molecule has 0 radical (unpaired) electrons. The predicted molar refractivity (Wildman–Crippen MR) is 94.5 cm³/mol. The van der Waals surface area contributed by atoms with Crippen LogP contribution in [0.4, 0.5) is 0 Å². The monoisotopic (exact) mass is 312 g/mol. The smallest absolute Gasteiger partial charge is 0.295 e. The number of fused-ring (bicyclic) bond motifs is 1. The van der Waals surface area contributed by atoms with E-state index in [0.717, 1.165) is 22.5 Å². The van der Waals surface area contributed by atoms with E-state index in [9.17, 15) is 4.79 Å². The summed E-state index contributed by atoms with van der Waals surface area (Å²) >= 11 is 1.87. The number of benzene rings is 2. The highest BCUT2D eigenvalue weighted by Gasteiger charge is 2.15. The standard InChI is InChI=1S/C18H20N2OS/c1-14(12-22-13-15-8-4-3-5-9-15)20-17-11-7-6-10-16(17)19(2)18(20)21/h3-11,14H,12-13H2,1-2H3. The Hall–Kier alpha value is -1.94. The first-order valence-corrected chi connectivity index (χ1v) is 8.61. The summed E-state index contributed by atoms with van der Waals surface area (Å²) in [5, 5.41) is 0. The van der Waals surface area contributed by atoms with E-state index in [-0.39, 0.29) is 11.7 Å². The molecule has 0 saturated heterocycles. The van der Waals surface area contributed by atoms with Gasteiger partial charge in [-0.1, -0.05) is 42.5 Å². The molecule has 0 aliphatic rings. The van der Waals surface area contributed by atoms with E-state index in [4.69, 9.17) is 0 Å². The van der Waals surface area contributed by atoms with Crippen molar-refractivity contribution >= 4 is 22.8 Å². The first-order chi connectivity index (χ1) is 10.7. The number of aryl methyl sites for hydroxylation is 1. The summed E-state index contributed by atoms with van der Waals surface area (Å²) < 4.78 is 3.64. The maximum absolute atomic E-state index is 12.5. The van der Waals surface area contributed by atoms with Gasteiger partial charge in [0, 0.05) is 24.6 Å². The number of hydrogen-bond donors (Lipinski definition) is 0. The summed E-state index contributed by atoms with van der Waals surface area (Å²) in [4.78, 5) is 12.5. The quantitative estimate of drug-likeness (QED) is 0.716. The molecule has 1 unspecified atom stereocenters. The lowest BCUT2D eigenvalue weighted by atomic mass is 10.2. The van der Waals surface area contributed by atoms with Gasteiger partial charge in [0.25, 0.3) is 0 Å². The predicted octanol–water partition coefficient (Wildman–Crippen LogP) is 3.83. The molecule has 0 bridgehead atoms. The fourth-order valence-corrected chi connectivity index (χ4v) is 3.78. The highest BCUT2D eigenvalue weighted by atomic mass is 32.2. The van der Waals surface area contributed by atoms with E-state index in [0.29, 0.717) is 0 Å². The lowest BCUT2D eigenvalue weighted by Gasteiger charge is -2.13. The molecule has 0 aliphatic heterocycles. The van der Waals surface area contributed by atoms with E-state index < -0.39 is 0 Å². The zero-order valence-electron chi connectivity index (χ0n) is 12.9. The molecule has 22 heavy (non-hydrogen) atoms. The molecule has 3 aromatic rings. The summed E-state index contributed by atoms with van der Waals surface area (Å²) in [6.07, 6.45) is 0. The van der Waals surface area contributed by atoms with Crippen LogP contribution in [0.25, 0.3) is 11.0 Å². The Labute approximate surface area is 134 Å². The van der Waals surface area contributed by atoms with Crippen molar-refractivity contribution in [1.82, 2.24) is 9.13 Å². The van der Waals surface area contributed by atoms with Crippen LogP contribution in [0.5, 0.6) is 0 Å². The van der Waals surface area contributed by atoms with Crippen molar-refractivity contribution in [1.29, 1.82) is 0 Å². The van der Waals surface area contributed by atoms with E-state index >= 15 is 0 Å². The van der Waals surface area contributed by atoms with Crippen LogP contribution in [0.3, 0.4) is 0 Å². The summed E-state index contributed by atoms with van der Waals surface area (Å²) in [6, 6.07) is 18.6. The van der Waals surface area contributed by atoms with Crippen molar-refractivity contribution in [2.45, 2.75) is 18.7 Å². The minimum atomic E-state index is 0.0639. The summed E-state index contributed by atoms with van der Waals surface area (Å²) in [7, 11) is 1.84. The van der Waals surface area contributed by atoms with Gasteiger partial charge in [-0.2, -0.15) is 11.8 Å². The molecular weight excluding hydrogens is 292 g/mol. The minimum Gasteiger partial charge on any atom is -0.295 e. The Morgan fingerprint density at radius 2 is 1.64 bits per heavy atom. The first-order valence-electron chi connectivity index (χ1n) is 7.46. The fourth-order valence-electron chi connectivity index (χ4n) is 2.74. The van der Waals surface area contributed by atoms with Crippen LogP contribution in [0, 0.1) is 0 Å². The van der Waals surface area contributed by atoms with Crippen molar-refractivity contribution in [3.8, 4) is 0 Å². The molecule has 0 spiro atoms. The maximum atomic E-state index is 12.5. The average molecular weight is 312 g/mol. The molecule has 0 N–H and O–H groups in total. The normalized spacial score (nSPS) is 12.6. The number of rotatable bonds is 5. The van der Waals surface area contributed by atoms with Gasteiger partial charge in [0.1, 0.15) is 0 Å². The third-order valence-corrected chi connectivity index (χ3v) is 5.16. The number of imidazole rings is 1. The molecule has 0 amide bonds. The van der Waals surface area contributed by atoms with Crippen LogP contribution in [0.15, 0.2) is 59.4 Å². The second kappa shape index (κ2) is 6.44. The lowest BCUT2D eigenvalue weighted by Crippen LogP contribution is -2.25. The molecule has 0 saturated carbocycles. The van der Waals surface area contributed by atoms with Gasteiger partial charge in [-0.25, -0.2) is 4.79 Å². The Morgan fingerprint density at radius 3 is 2.36 bits per heavy atom. The molecule has 3 rings (SSSR count). The first kappa shape index (κ1) is 15.0. The van der Waals surface area contributed by atoms with E-state index in [1.54, 1.807) is 4.57 Å². The van der Waals surface area contributed by atoms with Crippen molar-refractivity contribution < 1.29 is 0 Å². The van der Waals surface area contributed by atoms with Gasteiger partial charge in [-0.3, -0.25) is 9.13 Å². The summed E-state index contributed by atoms with van der Waals surface area (Å²) in [5.41, 5.74) is 3.40. The molecule has 114 valence electrons. The molecule has 3 nitrogen and oxygen atoms in total. The second-order valence-corrected chi connectivity index (χ2v) is 6.58. The van der Waals surface area contributed by atoms with E-state index in [1.807, 2.05) is 53.7 Å². The Morgan fingerprint density at radius 1 is 1.00 bits per heavy atom. The molecule has 4 heteroatoms. The van der Waals surface area contributed by atoms with Gasteiger partial charge < -0.3 is 0 Å². The van der Waals surface area contributed by atoms with E-state index in [2.05, 4.69) is 31.2 Å². The van der Waals surface area contributed by atoms with Crippen LogP contribution >= 0.6 is 11.8 Å². The molecule has 1 atom stereocenters. The van der Waals surface area contributed by atoms with Crippen LogP contribution < -0.4 is 5.69 Å². The second-order valence-electron chi connectivity index (χ2n) is 5.55. The van der Waals surface area contributed by atoms with Gasteiger partial charge in [-0.15, -0.1) is 0 Å². The number of para-hydroxylation sites is 2. The van der Waals surface area contributed by atoms with Crippen molar-refractivity contribution in [3.05, 3.63) is 70.6 Å². The third kappa shape index (κ3) is 2.83. The summed E-state index contributed by atoms with van der Waals surface area (Å²) in [5.74, 6) is 1.90. The zero-order valence-corrected chi connectivity index (χ0v) is 13.7. The van der Waals surface area contributed by atoms with Crippen molar-refractivity contribution in [2.75, 3.05) is 5.75 Å². The van der Waals surface area contributed by atoms with Gasteiger partial charge in [0.2, 0.25) is 0 Å². The largest absolute Gasteiger partial charge is 0.329 e. The Balaban J connectivity index is 1.77. The number of aromatic nitrogens is 2. The molecule has 0 aliphatic carbocycles. The molecule has 0 fully saturated rings. The number of thioether (sulfide) groups is 1. The summed E-state index contributed by atoms with van der Waals surface area (Å²) in [6.45, 7) is 2.12. The SMILES string of the molecule is CC(CSCc1ccccc1)n1c(=O)n(C)c2ccccc21. The van der Waals surface area contributed by atoms with Crippen LogP contribution in [-0.2, 0) is 12.8 Å². The average Bonchev–Trinajstić information content (AvgIpc) is 2.80. The van der Waals surface area contributed by atoms with Gasteiger partial charge >= 0.3 is 5.69 Å². The number of nitrogens with zero attached hydrogens (tertiary/aromatic N) is 2. The lowest BCUT2D eigenvalue weighted by molar-refractivity contribution is 0.591. The van der Waals surface area contributed by atoms with Crippen LogP contribution in [0.1, 0.15) is 18.5 Å². The Bertz CT molecular complexity index is 820. The van der Waals surface area contributed by atoms with Crippen molar-refractivity contribution in [2.24, 2.45) is 7.05 Å². The molecule has 1 aromatic heterocycles. The van der Waals surface area contributed by atoms with Crippen molar-refractivity contribution in [3.63, 3.8) is 0 Å². The number of hydrogen-bond acceptors (Lipinski definition) is 2. The van der Waals surface area contributed by atoms with Crippen LogP contribution in [-0.4, -0.2) is 14.9 Å². The zero-order chi connectivity index (χ0) is 15.5. The van der Waals surface area contributed by atoms with Gasteiger partial charge in [-0.05, 0) is 24.6 Å². The third-order valence-electron chi connectivity index (χ3n) is 3.91. The molecular formula is C18H20N2OS. The Kier molecular flexibility index (Phi) is 4.39. The highest BCUT2D eigenvalue weighted by molar-refractivity contribution is 7.98. The molecule has 2 aromatic carbocycles. The van der Waals surface area contributed by atoms with E-state index in [1.165, 1.54) is 5.56 Å². The topological polar surface area (TPSA) is 26.9 Å². The van der Waals surface area contributed by atoms with Gasteiger partial charge in [0.15, 0.2) is 0 Å².